The Morgan fingerprint density at radius 3 is 2.61 bits per heavy atom. The van der Waals surface area contributed by atoms with Crippen LogP contribution in [0.2, 0.25) is 0 Å². The Labute approximate surface area is 139 Å². The number of ether oxygens (including phenoxy) is 1. The van der Waals surface area contributed by atoms with Gasteiger partial charge in [-0.2, -0.15) is 4.98 Å². The number of carbonyl (C=O) groups excluding carboxylic acids is 1. The Morgan fingerprint density at radius 1 is 1.30 bits per heavy atom. The van der Waals surface area contributed by atoms with Crippen LogP contribution in [0.3, 0.4) is 0 Å². The monoisotopic (exact) mass is 319 g/mol. The molecule has 0 aromatic carbocycles. The Bertz CT molecular complexity index is 525. The molecule has 1 aromatic rings. The second kappa shape index (κ2) is 8.27. The molecule has 23 heavy (non-hydrogen) atoms. The molecule has 2 rings (SSSR count). The molecule has 5 nitrogen and oxygen atoms in total. The number of nitrogens with one attached hydrogen (secondary N) is 1. The van der Waals surface area contributed by atoms with Gasteiger partial charge in [0.15, 0.2) is 6.10 Å². The lowest BCUT2D eigenvalue weighted by Crippen LogP contribution is -2.44. The van der Waals surface area contributed by atoms with Crippen molar-refractivity contribution in [3.05, 3.63) is 17.6 Å². The fourth-order valence-electron chi connectivity index (χ4n) is 2.89. The molecule has 0 aliphatic heterocycles. The maximum Gasteiger partial charge on any atom is 0.261 e. The fraction of sp³-hybridized carbons (Fsp3) is 0.722. The average Bonchev–Trinajstić information content (AvgIpc) is 2.52. The molecule has 0 radical (unpaired) electrons. The highest BCUT2D eigenvalue weighted by Gasteiger charge is 2.23. The van der Waals surface area contributed by atoms with Crippen molar-refractivity contribution in [2.75, 3.05) is 0 Å². The number of aromatic nitrogens is 2. The van der Waals surface area contributed by atoms with E-state index < -0.39 is 6.10 Å². The fourth-order valence-corrected chi connectivity index (χ4v) is 2.89. The highest BCUT2D eigenvalue weighted by molar-refractivity contribution is 5.81. The summed E-state index contributed by atoms with van der Waals surface area (Å²) in [6.45, 7) is 7.98. The van der Waals surface area contributed by atoms with Crippen LogP contribution in [0.1, 0.15) is 76.7 Å². The number of rotatable bonds is 6. The molecule has 128 valence electrons. The van der Waals surface area contributed by atoms with Crippen molar-refractivity contribution < 1.29 is 9.53 Å². The van der Waals surface area contributed by atoms with Gasteiger partial charge in [0.05, 0.1) is 0 Å². The zero-order chi connectivity index (χ0) is 16.8. The van der Waals surface area contributed by atoms with Crippen molar-refractivity contribution >= 4 is 5.91 Å². The predicted molar refractivity (Wildman–Crippen MR) is 90.6 cm³/mol. The van der Waals surface area contributed by atoms with Crippen molar-refractivity contribution in [1.82, 2.24) is 15.3 Å². The van der Waals surface area contributed by atoms with Crippen molar-refractivity contribution in [2.45, 2.75) is 84.3 Å². The maximum absolute atomic E-state index is 12.5. The summed E-state index contributed by atoms with van der Waals surface area (Å²) in [4.78, 5) is 21.3. The van der Waals surface area contributed by atoms with Crippen LogP contribution < -0.4 is 10.1 Å². The second-order valence-electron chi connectivity index (χ2n) is 6.72. The molecule has 1 unspecified atom stereocenters. The van der Waals surface area contributed by atoms with Gasteiger partial charge in [0.2, 0.25) is 5.88 Å². The first-order valence-electron chi connectivity index (χ1n) is 8.82. The minimum atomic E-state index is -0.494. The first-order chi connectivity index (χ1) is 11.0. The zero-order valence-corrected chi connectivity index (χ0v) is 14.8. The third kappa shape index (κ3) is 5.19. The number of amides is 1. The lowest BCUT2D eigenvalue weighted by molar-refractivity contribution is -0.129. The zero-order valence-electron chi connectivity index (χ0n) is 14.8. The Balaban J connectivity index is 2.02. The minimum absolute atomic E-state index is 0.0261. The quantitative estimate of drug-likeness (QED) is 0.871. The molecule has 0 bridgehead atoms. The standard InChI is InChI=1S/C18H29N3O2/c1-5-15(18(22)20-14-9-7-6-8-10-14)23-16-11-13(4)19-17(21-16)12(2)3/h11-12,14-15H,5-10H2,1-4H3,(H,20,22). The molecule has 1 aliphatic rings. The molecular formula is C18H29N3O2. The van der Waals surface area contributed by atoms with Crippen LogP contribution in [0.15, 0.2) is 6.07 Å². The van der Waals surface area contributed by atoms with Crippen LogP contribution in [0.5, 0.6) is 5.88 Å². The molecule has 0 saturated heterocycles. The molecular weight excluding hydrogens is 290 g/mol. The smallest absolute Gasteiger partial charge is 0.261 e. The number of hydrogen-bond donors (Lipinski definition) is 1. The van der Waals surface area contributed by atoms with Gasteiger partial charge in [-0.15, -0.1) is 0 Å². The van der Waals surface area contributed by atoms with Gasteiger partial charge in [-0.3, -0.25) is 4.79 Å². The average molecular weight is 319 g/mol. The molecule has 1 aromatic heterocycles. The summed E-state index contributed by atoms with van der Waals surface area (Å²) in [5.41, 5.74) is 0.862. The minimum Gasteiger partial charge on any atom is -0.464 e. The summed E-state index contributed by atoms with van der Waals surface area (Å²) in [5, 5.41) is 3.13. The number of hydrogen-bond acceptors (Lipinski definition) is 4. The van der Waals surface area contributed by atoms with E-state index in [0.29, 0.717) is 18.3 Å². The van der Waals surface area contributed by atoms with E-state index in [1.807, 2.05) is 27.7 Å². The lowest BCUT2D eigenvalue weighted by atomic mass is 9.95. The Kier molecular flexibility index (Phi) is 6.37. The van der Waals surface area contributed by atoms with Crippen molar-refractivity contribution in [3.63, 3.8) is 0 Å². The third-order valence-corrected chi connectivity index (χ3v) is 4.24. The highest BCUT2D eigenvalue weighted by atomic mass is 16.5. The van der Waals surface area contributed by atoms with E-state index in [-0.39, 0.29) is 11.8 Å². The van der Waals surface area contributed by atoms with Gasteiger partial charge in [-0.05, 0) is 26.2 Å². The summed E-state index contributed by atoms with van der Waals surface area (Å²) >= 11 is 0. The van der Waals surface area contributed by atoms with Crippen LogP contribution in [-0.4, -0.2) is 28.0 Å². The molecule has 5 heteroatoms. The number of aryl methyl sites for hydroxylation is 1. The van der Waals surface area contributed by atoms with Crippen molar-refractivity contribution in [2.24, 2.45) is 0 Å². The summed E-state index contributed by atoms with van der Waals surface area (Å²) < 4.78 is 5.88. The first kappa shape index (κ1) is 17.7. The molecule has 1 saturated carbocycles. The van der Waals surface area contributed by atoms with E-state index >= 15 is 0 Å². The van der Waals surface area contributed by atoms with E-state index in [1.54, 1.807) is 6.07 Å². The number of carbonyl (C=O) groups is 1. The van der Waals surface area contributed by atoms with Crippen LogP contribution in [0.25, 0.3) is 0 Å². The maximum atomic E-state index is 12.5. The Morgan fingerprint density at radius 2 is 2.00 bits per heavy atom. The van der Waals surface area contributed by atoms with Crippen LogP contribution in [0, 0.1) is 6.92 Å². The van der Waals surface area contributed by atoms with E-state index in [0.717, 1.165) is 24.4 Å². The van der Waals surface area contributed by atoms with Gasteiger partial charge in [0.25, 0.3) is 5.91 Å². The summed E-state index contributed by atoms with van der Waals surface area (Å²) in [6.07, 6.45) is 5.96. The van der Waals surface area contributed by atoms with Gasteiger partial charge >= 0.3 is 0 Å². The Hall–Kier alpha value is -1.65. The normalized spacial score (nSPS) is 17.1. The second-order valence-corrected chi connectivity index (χ2v) is 6.72. The predicted octanol–water partition coefficient (Wildman–Crippen LogP) is 3.51. The molecule has 1 N–H and O–H groups in total. The molecule has 1 fully saturated rings. The summed E-state index contributed by atoms with van der Waals surface area (Å²) in [5.74, 6) is 1.45. The van der Waals surface area contributed by atoms with Crippen LogP contribution in [-0.2, 0) is 4.79 Å². The first-order valence-corrected chi connectivity index (χ1v) is 8.82. The topological polar surface area (TPSA) is 64.1 Å². The van der Waals surface area contributed by atoms with Crippen molar-refractivity contribution in [3.8, 4) is 5.88 Å². The molecule has 1 aliphatic carbocycles. The third-order valence-electron chi connectivity index (χ3n) is 4.24. The molecule has 1 atom stereocenters. The van der Waals surface area contributed by atoms with E-state index in [4.69, 9.17) is 4.74 Å². The van der Waals surface area contributed by atoms with E-state index in [2.05, 4.69) is 15.3 Å². The molecule has 1 amide bonds. The van der Waals surface area contributed by atoms with Crippen LogP contribution >= 0.6 is 0 Å². The van der Waals surface area contributed by atoms with Gasteiger partial charge in [-0.1, -0.05) is 40.0 Å². The molecule has 1 heterocycles. The largest absolute Gasteiger partial charge is 0.464 e. The van der Waals surface area contributed by atoms with Gasteiger partial charge in [-0.25, -0.2) is 4.98 Å². The summed E-state index contributed by atoms with van der Waals surface area (Å²) in [7, 11) is 0. The SMILES string of the molecule is CCC(Oc1cc(C)nc(C(C)C)n1)C(=O)NC1CCCCC1. The summed E-state index contributed by atoms with van der Waals surface area (Å²) in [6, 6.07) is 2.09. The van der Waals surface area contributed by atoms with Gasteiger partial charge in [0, 0.05) is 23.7 Å². The van der Waals surface area contributed by atoms with E-state index in [9.17, 15) is 4.79 Å². The van der Waals surface area contributed by atoms with Gasteiger partial charge < -0.3 is 10.1 Å². The highest BCUT2D eigenvalue weighted by Crippen LogP contribution is 2.19. The molecule has 0 spiro atoms. The van der Waals surface area contributed by atoms with E-state index in [1.165, 1.54) is 19.3 Å². The van der Waals surface area contributed by atoms with Gasteiger partial charge in [0.1, 0.15) is 5.82 Å². The lowest BCUT2D eigenvalue weighted by Gasteiger charge is -2.25. The van der Waals surface area contributed by atoms with Crippen LogP contribution in [0.4, 0.5) is 0 Å². The van der Waals surface area contributed by atoms with Crippen molar-refractivity contribution in [1.29, 1.82) is 0 Å². The number of nitrogens with zero attached hydrogens (tertiary/aromatic N) is 2.